The molecular formula is C24H28F3N3. The van der Waals surface area contributed by atoms with E-state index in [0.717, 1.165) is 26.0 Å². The molecule has 0 spiro atoms. The maximum absolute atomic E-state index is 13.3. The Bertz CT molecular complexity index is 908. The van der Waals surface area contributed by atoms with Crippen molar-refractivity contribution in [2.24, 2.45) is 11.3 Å². The Morgan fingerprint density at radius 2 is 1.90 bits per heavy atom. The van der Waals surface area contributed by atoms with Gasteiger partial charge in [0.1, 0.15) is 0 Å². The van der Waals surface area contributed by atoms with Crippen LogP contribution >= 0.6 is 0 Å². The van der Waals surface area contributed by atoms with Crippen molar-refractivity contribution in [2.75, 3.05) is 13.1 Å². The molecule has 0 aromatic heterocycles. The summed E-state index contributed by atoms with van der Waals surface area (Å²) in [6.45, 7) is 14.1. The molecule has 30 heavy (non-hydrogen) atoms. The zero-order valence-electron chi connectivity index (χ0n) is 17.7. The fraction of sp³-hybridized carbons (Fsp3) is 0.417. The Morgan fingerprint density at radius 1 is 1.30 bits per heavy atom. The minimum absolute atomic E-state index is 0.153. The summed E-state index contributed by atoms with van der Waals surface area (Å²) in [6.07, 6.45) is -1.88. The van der Waals surface area contributed by atoms with Gasteiger partial charge in [-0.25, -0.2) is 0 Å². The van der Waals surface area contributed by atoms with E-state index in [0.29, 0.717) is 29.2 Å². The van der Waals surface area contributed by atoms with Crippen molar-refractivity contribution in [3.63, 3.8) is 0 Å². The number of rotatable bonds is 8. The topological polar surface area (TPSA) is 50.9 Å². The van der Waals surface area contributed by atoms with Gasteiger partial charge in [0, 0.05) is 36.1 Å². The molecule has 0 heterocycles. The van der Waals surface area contributed by atoms with E-state index in [2.05, 4.69) is 33.1 Å². The molecule has 1 aromatic carbocycles. The molecule has 1 aliphatic carbocycles. The predicted molar refractivity (Wildman–Crippen MR) is 115 cm³/mol. The number of alkyl halides is 3. The zero-order valence-corrected chi connectivity index (χ0v) is 17.7. The number of hydrogen-bond acceptors (Lipinski definition) is 3. The first-order valence-electron chi connectivity index (χ1n) is 9.79. The lowest BCUT2D eigenvalue weighted by Crippen LogP contribution is -2.40. The number of nitrogens with one attached hydrogen (secondary N) is 1. The van der Waals surface area contributed by atoms with Gasteiger partial charge in [0.2, 0.25) is 0 Å². The van der Waals surface area contributed by atoms with E-state index in [1.54, 1.807) is 29.2 Å². The average molecular weight is 416 g/mol. The molecule has 1 aliphatic rings. The second-order valence-electron chi connectivity index (χ2n) is 8.71. The summed E-state index contributed by atoms with van der Waals surface area (Å²) in [4.78, 5) is 1.77. The minimum Gasteiger partial charge on any atom is -0.367 e. The molecule has 160 valence electrons. The number of hydrogen-bond donors (Lipinski definition) is 1. The fourth-order valence-corrected chi connectivity index (χ4v) is 4.15. The predicted octanol–water partition coefficient (Wildman–Crippen LogP) is 6.35. The van der Waals surface area contributed by atoms with E-state index in [-0.39, 0.29) is 23.2 Å². The largest absolute Gasteiger partial charge is 0.413 e. The molecule has 0 unspecified atom stereocenters. The Morgan fingerprint density at radius 3 is 2.40 bits per heavy atom. The average Bonchev–Trinajstić information content (AvgIpc) is 2.65. The highest BCUT2D eigenvalue weighted by atomic mass is 19.4. The lowest BCUT2D eigenvalue weighted by atomic mass is 9.64. The van der Waals surface area contributed by atoms with Crippen molar-refractivity contribution in [3.05, 3.63) is 65.4 Å². The van der Waals surface area contributed by atoms with Crippen LogP contribution in [0.3, 0.4) is 0 Å². The Kier molecular flexibility index (Phi) is 6.97. The van der Waals surface area contributed by atoms with Gasteiger partial charge < -0.3 is 10.3 Å². The third-order valence-electron chi connectivity index (χ3n) is 5.64. The SMILES string of the molecule is C=C(CN(CC1CC(C)(C)C1)C(=C)/C(C=N)=C(/C)C(F)(F)F)c1ccccc1C#N. The smallest absolute Gasteiger partial charge is 0.367 e. The van der Waals surface area contributed by atoms with Crippen molar-refractivity contribution in [1.29, 1.82) is 10.7 Å². The van der Waals surface area contributed by atoms with Crippen LogP contribution in [0.15, 0.2) is 54.3 Å². The first-order valence-corrected chi connectivity index (χ1v) is 9.79. The van der Waals surface area contributed by atoms with E-state index in [9.17, 15) is 18.4 Å². The van der Waals surface area contributed by atoms with Gasteiger partial charge in [-0.3, -0.25) is 0 Å². The summed E-state index contributed by atoms with van der Waals surface area (Å²) >= 11 is 0. The summed E-state index contributed by atoms with van der Waals surface area (Å²) in [5, 5.41) is 16.9. The van der Waals surface area contributed by atoms with Crippen LogP contribution in [0.5, 0.6) is 0 Å². The number of allylic oxidation sites excluding steroid dienone is 2. The van der Waals surface area contributed by atoms with Gasteiger partial charge in [0.05, 0.1) is 11.6 Å². The van der Waals surface area contributed by atoms with Crippen molar-refractivity contribution in [2.45, 2.75) is 39.8 Å². The zero-order chi connectivity index (χ0) is 22.7. The van der Waals surface area contributed by atoms with Crippen LogP contribution in [-0.4, -0.2) is 30.4 Å². The summed E-state index contributed by atoms with van der Waals surface area (Å²) in [5.74, 6) is 0.328. The number of halogens is 3. The second kappa shape index (κ2) is 8.91. The molecule has 0 bridgehead atoms. The maximum atomic E-state index is 13.3. The van der Waals surface area contributed by atoms with Crippen molar-refractivity contribution in [3.8, 4) is 6.07 Å². The quantitative estimate of drug-likeness (QED) is 0.397. The molecular weight excluding hydrogens is 387 g/mol. The van der Waals surface area contributed by atoms with Crippen LogP contribution in [0.1, 0.15) is 44.7 Å². The van der Waals surface area contributed by atoms with Gasteiger partial charge in [-0.2, -0.15) is 18.4 Å². The van der Waals surface area contributed by atoms with Crippen LogP contribution < -0.4 is 0 Å². The van der Waals surface area contributed by atoms with Crippen LogP contribution in [0.4, 0.5) is 13.2 Å². The van der Waals surface area contributed by atoms with Crippen molar-refractivity contribution >= 4 is 11.8 Å². The van der Waals surface area contributed by atoms with E-state index in [4.69, 9.17) is 5.41 Å². The van der Waals surface area contributed by atoms with Crippen LogP contribution in [0, 0.1) is 28.1 Å². The molecule has 1 N–H and O–H groups in total. The van der Waals surface area contributed by atoms with Gasteiger partial charge in [0.25, 0.3) is 0 Å². The van der Waals surface area contributed by atoms with Crippen LogP contribution in [-0.2, 0) is 0 Å². The van der Waals surface area contributed by atoms with Gasteiger partial charge in [-0.05, 0) is 48.3 Å². The van der Waals surface area contributed by atoms with E-state index in [1.165, 1.54) is 0 Å². The van der Waals surface area contributed by atoms with E-state index < -0.39 is 11.7 Å². The van der Waals surface area contributed by atoms with Gasteiger partial charge in [-0.15, -0.1) is 0 Å². The first kappa shape index (κ1) is 23.5. The summed E-state index contributed by atoms with van der Waals surface area (Å²) < 4.78 is 39.9. The third-order valence-corrected chi connectivity index (χ3v) is 5.64. The lowest BCUT2D eigenvalue weighted by Gasteiger charge is -2.45. The molecule has 0 aliphatic heterocycles. The Labute approximate surface area is 176 Å². The minimum atomic E-state index is -4.54. The Balaban J connectivity index is 2.35. The molecule has 1 saturated carbocycles. The highest BCUT2D eigenvalue weighted by molar-refractivity contribution is 5.83. The molecule has 0 saturated heterocycles. The second-order valence-corrected chi connectivity index (χ2v) is 8.71. The third kappa shape index (κ3) is 5.41. The molecule has 1 fully saturated rings. The number of nitrogens with zero attached hydrogens (tertiary/aromatic N) is 2. The summed E-state index contributed by atoms with van der Waals surface area (Å²) in [6, 6.07) is 9.15. The van der Waals surface area contributed by atoms with Crippen molar-refractivity contribution in [1.82, 2.24) is 4.90 Å². The maximum Gasteiger partial charge on any atom is 0.413 e. The number of benzene rings is 1. The van der Waals surface area contributed by atoms with Crippen LogP contribution in [0.25, 0.3) is 5.57 Å². The molecule has 3 nitrogen and oxygen atoms in total. The molecule has 1 aromatic rings. The lowest BCUT2D eigenvalue weighted by molar-refractivity contribution is -0.0918. The van der Waals surface area contributed by atoms with Crippen molar-refractivity contribution < 1.29 is 13.2 Å². The fourth-order valence-electron chi connectivity index (χ4n) is 4.15. The molecule has 0 radical (unpaired) electrons. The number of nitriles is 1. The van der Waals surface area contributed by atoms with Gasteiger partial charge in [-0.1, -0.05) is 45.2 Å². The normalized spacial score (nSPS) is 16.7. The standard InChI is InChI=1S/C24H28F3N3/c1-16(21-9-7-6-8-20(21)12-28)14-30(15-19-10-23(4,5)11-19)18(3)22(13-29)17(2)24(25,26)27/h6-9,13,19,29H,1,3,10-11,14-15H2,2,4-5H3/b22-17-,29-13?. The van der Waals surface area contributed by atoms with E-state index >= 15 is 0 Å². The summed E-state index contributed by atoms with van der Waals surface area (Å²) in [7, 11) is 0. The monoisotopic (exact) mass is 415 g/mol. The van der Waals surface area contributed by atoms with Gasteiger partial charge >= 0.3 is 6.18 Å². The first-order chi connectivity index (χ1) is 13.9. The highest BCUT2D eigenvalue weighted by Crippen LogP contribution is 2.45. The van der Waals surface area contributed by atoms with E-state index in [1.807, 2.05) is 0 Å². The Hall–Kier alpha value is -2.81. The van der Waals surface area contributed by atoms with Crippen LogP contribution in [0.2, 0.25) is 0 Å². The highest BCUT2D eigenvalue weighted by Gasteiger charge is 2.38. The molecule has 2 rings (SSSR count). The molecule has 0 amide bonds. The van der Waals surface area contributed by atoms with Gasteiger partial charge in [0.15, 0.2) is 0 Å². The summed E-state index contributed by atoms with van der Waals surface area (Å²) in [5.41, 5.74) is 1.06. The molecule has 0 atom stereocenters. The molecule has 6 heteroatoms.